The fraction of sp³-hybridized carbons (Fsp3) is 0.417. The summed E-state index contributed by atoms with van der Waals surface area (Å²) in [5, 5.41) is 0. The third-order valence-electron chi connectivity index (χ3n) is 2.10. The summed E-state index contributed by atoms with van der Waals surface area (Å²) in [4.78, 5) is 11.2. The number of hydrogen-bond acceptors (Lipinski definition) is 3. The maximum Gasteiger partial charge on any atom is 0.232 e. The first-order chi connectivity index (χ1) is 7.80. The predicted octanol–water partition coefficient (Wildman–Crippen LogP) is 2.29. The molecule has 1 N–H and O–H groups in total. The molecule has 0 saturated heterocycles. The van der Waals surface area contributed by atoms with Crippen LogP contribution in [-0.2, 0) is 10.0 Å². The van der Waals surface area contributed by atoms with E-state index in [1.807, 2.05) is 13.8 Å². The number of carbonyl (C=O) groups excluding carboxylic acids is 1. The van der Waals surface area contributed by atoms with Crippen molar-refractivity contribution in [1.82, 2.24) is 0 Å². The van der Waals surface area contributed by atoms with Crippen LogP contribution >= 0.6 is 0 Å². The second kappa shape index (κ2) is 5.31. The number of rotatable bonds is 5. The minimum absolute atomic E-state index is 0.0588. The van der Waals surface area contributed by atoms with Gasteiger partial charge in [-0.25, -0.2) is 8.42 Å². The van der Waals surface area contributed by atoms with Crippen LogP contribution in [-0.4, -0.2) is 20.0 Å². The Balaban J connectivity index is 2.89. The molecular formula is C12H17NO3S. The molecular weight excluding hydrogens is 238 g/mol. The summed E-state index contributed by atoms with van der Waals surface area (Å²) in [6.45, 7) is 5.12. The fourth-order valence-electron chi connectivity index (χ4n) is 1.46. The van der Waals surface area contributed by atoms with Crippen LogP contribution in [0, 0.1) is 5.92 Å². The van der Waals surface area contributed by atoms with Crippen LogP contribution in [0.2, 0.25) is 0 Å². The van der Waals surface area contributed by atoms with E-state index in [-0.39, 0.29) is 17.5 Å². The van der Waals surface area contributed by atoms with Crippen molar-refractivity contribution in [3.8, 4) is 0 Å². The summed E-state index contributed by atoms with van der Waals surface area (Å²) in [5.74, 6) is 0.0375. The van der Waals surface area contributed by atoms with Crippen LogP contribution in [0.15, 0.2) is 24.3 Å². The number of ketones is 1. The van der Waals surface area contributed by atoms with Crippen LogP contribution in [0.1, 0.15) is 31.1 Å². The Labute approximate surface area is 102 Å². The fourth-order valence-corrected chi connectivity index (χ4v) is 2.91. The first-order valence-corrected chi connectivity index (χ1v) is 7.07. The second-order valence-electron chi connectivity index (χ2n) is 4.41. The summed E-state index contributed by atoms with van der Waals surface area (Å²) in [5.41, 5.74) is 0.924. The molecule has 0 atom stereocenters. The summed E-state index contributed by atoms with van der Waals surface area (Å²) >= 11 is 0. The number of nitrogens with one attached hydrogen (secondary N) is 1. The molecule has 4 nitrogen and oxygen atoms in total. The van der Waals surface area contributed by atoms with Crippen LogP contribution < -0.4 is 4.72 Å². The Morgan fingerprint density at radius 1 is 1.35 bits per heavy atom. The van der Waals surface area contributed by atoms with Gasteiger partial charge in [0, 0.05) is 11.3 Å². The lowest BCUT2D eigenvalue weighted by atomic mass is 10.1. The van der Waals surface area contributed by atoms with E-state index in [0.717, 1.165) is 0 Å². The largest absolute Gasteiger partial charge is 0.295 e. The number of anilines is 1. The van der Waals surface area contributed by atoms with E-state index in [1.165, 1.54) is 6.92 Å². The molecule has 1 aromatic carbocycles. The molecule has 1 aromatic rings. The zero-order valence-electron chi connectivity index (χ0n) is 10.2. The van der Waals surface area contributed by atoms with Crippen LogP contribution in [0.3, 0.4) is 0 Å². The maximum absolute atomic E-state index is 11.7. The predicted molar refractivity (Wildman–Crippen MR) is 68.7 cm³/mol. The third-order valence-corrected chi connectivity index (χ3v) is 3.75. The van der Waals surface area contributed by atoms with Crippen LogP contribution in [0.4, 0.5) is 5.69 Å². The molecule has 0 bridgehead atoms. The topological polar surface area (TPSA) is 63.2 Å². The van der Waals surface area contributed by atoms with Gasteiger partial charge in [0.1, 0.15) is 0 Å². The van der Waals surface area contributed by atoms with E-state index in [0.29, 0.717) is 11.3 Å². The highest BCUT2D eigenvalue weighted by Gasteiger charge is 2.13. The lowest BCUT2D eigenvalue weighted by Crippen LogP contribution is -2.20. The van der Waals surface area contributed by atoms with E-state index >= 15 is 0 Å². The molecule has 0 aliphatic carbocycles. The molecule has 0 radical (unpaired) electrons. The van der Waals surface area contributed by atoms with E-state index in [2.05, 4.69) is 4.72 Å². The van der Waals surface area contributed by atoms with E-state index < -0.39 is 10.0 Å². The van der Waals surface area contributed by atoms with Crippen molar-refractivity contribution in [3.63, 3.8) is 0 Å². The highest BCUT2D eigenvalue weighted by Crippen LogP contribution is 2.14. The highest BCUT2D eigenvalue weighted by molar-refractivity contribution is 7.92. The van der Waals surface area contributed by atoms with Crippen LogP contribution in [0.25, 0.3) is 0 Å². The van der Waals surface area contributed by atoms with Crippen molar-refractivity contribution in [1.29, 1.82) is 0 Å². The number of sulfonamides is 1. The average molecular weight is 255 g/mol. The average Bonchev–Trinajstić information content (AvgIpc) is 2.14. The molecule has 0 heterocycles. The molecule has 17 heavy (non-hydrogen) atoms. The summed E-state index contributed by atoms with van der Waals surface area (Å²) in [6.07, 6.45) is 0. The zero-order valence-corrected chi connectivity index (χ0v) is 11.0. The van der Waals surface area contributed by atoms with E-state index in [1.54, 1.807) is 24.3 Å². The van der Waals surface area contributed by atoms with Gasteiger partial charge in [-0.15, -0.1) is 0 Å². The van der Waals surface area contributed by atoms with Gasteiger partial charge < -0.3 is 0 Å². The lowest BCUT2D eigenvalue weighted by Gasteiger charge is -2.10. The number of carbonyl (C=O) groups is 1. The Morgan fingerprint density at radius 2 is 2.00 bits per heavy atom. The van der Waals surface area contributed by atoms with Crippen molar-refractivity contribution in [2.75, 3.05) is 10.5 Å². The minimum Gasteiger partial charge on any atom is -0.295 e. The smallest absolute Gasteiger partial charge is 0.232 e. The van der Waals surface area contributed by atoms with Gasteiger partial charge in [0.2, 0.25) is 10.0 Å². The van der Waals surface area contributed by atoms with Gasteiger partial charge in [-0.2, -0.15) is 0 Å². The highest BCUT2D eigenvalue weighted by atomic mass is 32.2. The van der Waals surface area contributed by atoms with Gasteiger partial charge in [0.05, 0.1) is 5.75 Å². The minimum atomic E-state index is -3.34. The molecule has 1 rings (SSSR count). The SMILES string of the molecule is CC(=O)c1cccc(NS(=O)(=O)CC(C)C)c1. The number of benzene rings is 1. The first kappa shape index (κ1) is 13.7. The third kappa shape index (κ3) is 4.56. The molecule has 0 amide bonds. The molecule has 0 aliphatic rings. The van der Waals surface area contributed by atoms with Gasteiger partial charge in [-0.05, 0) is 25.0 Å². The van der Waals surface area contributed by atoms with Crippen LogP contribution in [0.5, 0.6) is 0 Å². The monoisotopic (exact) mass is 255 g/mol. The number of Topliss-reactive ketones (excluding diaryl/α,β-unsaturated/α-hetero) is 1. The number of hydrogen-bond donors (Lipinski definition) is 1. The van der Waals surface area contributed by atoms with E-state index in [4.69, 9.17) is 0 Å². The summed E-state index contributed by atoms with van der Waals surface area (Å²) in [6, 6.07) is 6.48. The Kier molecular flexibility index (Phi) is 4.28. The maximum atomic E-state index is 11.7. The van der Waals surface area contributed by atoms with E-state index in [9.17, 15) is 13.2 Å². The molecule has 0 aliphatic heterocycles. The summed E-state index contributed by atoms with van der Waals surface area (Å²) < 4.78 is 25.9. The van der Waals surface area contributed by atoms with Gasteiger partial charge in [0.15, 0.2) is 5.78 Å². The molecule has 0 fully saturated rings. The molecule has 0 spiro atoms. The molecule has 0 saturated carbocycles. The van der Waals surface area contributed by atoms with Gasteiger partial charge in [-0.3, -0.25) is 9.52 Å². The molecule has 0 aromatic heterocycles. The molecule has 0 unspecified atom stereocenters. The van der Waals surface area contributed by atoms with Gasteiger partial charge in [-0.1, -0.05) is 26.0 Å². The normalized spacial score (nSPS) is 11.5. The second-order valence-corrected chi connectivity index (χ2v) is 6.18. The first-order valence-electron chi connectivity index (χ1n) is 5.41. The standard InChI is InChI=1S/C12H17NO3S/c1-9(2)8-17(15,16)13-12-6-4-5-11(7-12)10(3)14/h4-7,9,13H,8H2,1-3H3. The Bertz CT molecular complexity index is 506. The summed E-state index contributed by atoms with van der Waals surface area (Å²) in [7, 11) is -3.34. The van der Waals surface area contributed by atoms with Crippen molar-refractivity contribution in [2.24, 2.45) is 5.92 Å². The van der Waals surface area contributed by atoms with Crippen molar-refractivity contribution in [2.45, 2.75) is 20.8 Å². The molecule has 94 valence electrons. The Hall–Kier alpha value is -1.36. The van der Waals surface area contributed by atoms with Crippen molar-refractivity contribution in [3.05, 3.63) is 29.8 Å². The van der Waals surface area contributed by atoms with Crippen molar-refractivity contribution >= 4 is 21.5 Å². The molecule has 5 heteroatoms. The van der Waals surface area contributed by atoms with Gasteiger partial charge in [0.25, 0.3) is 0 Å². The zero-order chi connectivity index (χ0) is 13.1. The quantitative estimate of drug-likeness (QED) is 0.821. The lowest BCUT2D eigenvalue weighted by molar-refractivity contribution is 0.101. The van der Waals surface area contributed by atoms with Crippen molar-refractivity contribution < 1.29 is 13.2 Å². The Morgan fingerprint density at radius 3 is 2.53 bits per heavy atom. The van der Waals surface area contributed by atoms with Gasteiger partial charge >= 0.3 is 0 Å².